The number of amides is 1. The van der Waals surface area contributed by atoms with Crippen LogP contribution in [0, 0.1) is 5.41 Å². The largest absolute Gasteiger partial charge is 0.493 e. The maximum Gasteiger partial charge on any atom is 0.226 e. The average molecular weight is 467 g/mol. The lowest BCUT2D eigenvalue weighted by molar-refractivity contribution is -0.135. The number of nitrogens with zero attached hydrogens (tertiary/aromatic N) is 1. The second-order valence-corrected chi connectivity index (χ2v) is 9.71. The van der Waals surface area contributed by atoms with E-state index in [9.17, 15) is 4.79 Å². The van der Waals surface area contributed by atoms with E-state index < -0.39 is 0 Å². The third kappa shape index (κ3) is 5.49. The average Bonchev–Trinajstić information content (AvgIpc) is 2.86. The smallest absolute Gasteiger partial charge is 0.226 e. The van der Waals surface area contributed by atoms with Gasteiger partial charge in [0.1, 0.15) is 12.4 Å². The summed E-state index contributed by atoms with van der Waals surface area (Å²) >= 11 is 0. The molecule has 2 aromatic rings. The van der Waals surface area contributed by atoms with Crippen molar-refractivity contribution in [2.24, 2.45) is 5.41 Å². The molecule has 2 aliphatic rings. The zero-order valence-electron chi connectivity index (χ0n) is 20.8. The predicted octanol–water partition coefficient (Wildman–Crippen LogP) is 4.60. The Morgan fingerprint density at radius 2 is 1.82 bits per heavy atom. The number of rotatable bonds is 4. The van der Waals surface area contributed by atoms with Crippen molar-refractivity contribution >= 4 is 5.91 Å². The lowest BCUT2D eigenvalue weighted by Gasteiger charge is -2.41. The van der Waals surface area contributed by atoms with E-state index in [2.05, 4.69) is 28.4 Å². The first kappa shape index (κ1) is 24.4. The monoisotopic (exact) mass is 466 g/mol. The van der Waals surface area contributed by atoms with Gasteiger partial charge in [-0.25, -0.2) is 0 Å². The number of ether oxygens (including phenoxy) is 3. The van der Waals surface area contributed by atoms with Crippen LogP contribution in [0.5, 0.6) is 17.2 Å². The van der Waals surface area contributed by atoms with Gasteiger partial charge in [0.05, 0.1) is 25.7 Å². The van der Waals surface area contributed by atoms with Crippen LogP contribution in [-0.2, 0) is 17.8 Å². The fraction of sp³-hybridized carbons (Fsp3) is 0.536. The van der Waals surface area contributed by atoms with Crippen molar-refractivity contribution in [3.63, 3.8) is 0 Å². The molecule has 1 amide bonds. The molecule has 184 valence electrons. The Morgan fingerprint density at radius 3 is 2.59 bits per heavy atom. The minimum atomic E-state index is -0.304. The second-order valence-electron chi connectivity index (χ2n) is 9.71. The highest BCUT2D eigenvalue weighted by atomic mass is 16.5. The molecule has 2 heterocycles. The highest BCUT2D eigenvalue weighted by molar-refractivity contribution is 5.83. The molecule has 0 unspecified atom stereocenters. The fourth-order valence-electron chi connectivity index (χ4n) is 5.31. The van der Waals surface area contributed by atoms with Crippen LogP contribution in [-0.4, -0.2) is 50.8 Å². The standard InChI is InChI=1S/C28H38N2O4/c1-21-20-34-24-12-5-4-9-22(24)10-6-7-14-28(27(31)29-21)15-17-30(18-16-28)19-23-11-8-13-25(32-2)26(23)33-3/h4-5,8-9,11-13,21H,6-7,10,14-20H2,1-3H3,(H,29,31)/t21-/m0/s1. The van der Waals surface area contributed by atoms with Gasteiger partial charge in [0.2, 0.25) is 5.91 Å². The number of aryl methyl sites for hydroxylation is 1. The summed E-state index contributed by atoms with van der Waals surface area (Å²) in [6.45, 7) is 5.09. The van der Waals surface area contributed by atoms with Crippen LogP contribution in [0.3, 0.4) is 0 Å². The molecule has 4 rings (SSSR count). The Bertz CT molecular complexity index is 969. The highest BCUT2D eigenvalue weighted by Crippen LogP contribution is 2.39. The molecule has 0 saturated carbocycles. The quantitative estimate of drug-likeness (QED) is 0.714. The molecular formula is C28H38N2O4. The van der Waals surface area contributed by atoms with Crippen LogP contribution in [0.25, 0.3) is 0 Å². The van der Waals surface area contributed by atoms with Crippen LogP contribution in [0.1, 0.15) is 50.2 Å². The van der Waals surface area contributed by atoms with E-state index in [1.807, 2.05) is 31.2 Å². The molecule has 6 nitrogen and oxygen atoms in total. The molecule has 34 heavy (non-hydrogen) atoms. The number of likely N-dealkylation sites (tertiary alicyclic amines) is 1. The summed E-state index contributed by atoms with van der Waals surface area (Å²) in [6, 6.07) is 14.3. The van der Waals surface area contributed by atoms with Gasteiger partial charge in [-0.05, 0) is 69.8 Å². The third-order valence-electron chi connectivity index (χ3n) is 7.36. The number of carbonyl (C=O) groups excluding carboxylic acids is 1. The molecular weight excluding hydrogens is 428 g/mol. The summed E-state index contributed by atoms with van der Waals surface area (Å²) in [6.07, 6.45) is 5.77. The van der Waals surface area contributed by atoms with E-state index in [0.717, 1.165) is 81.0 Å². The van der Waals surface area contributed by atoms with Crippen LogP contribution in [0.4, 0.5) is 0 Å². The molecule has 1 fully saturated rings. The van der Waals surface area contributed by atoms with Gasteiger partial charge < -0.3 is 19.5 Å². The van der Waals surface area contributed by atoms with Crippen molar-refractivity contribution in [1.82, 2.24) is 10.2 Å². The Morgan fingerprint density at radius 1 is 1.03 bits per heavy atom. The minimum absolute atomic E-state index is 0.0315. The SMILES string of the molecule is COc1cccc(CN2CCC3(CCCCc4ccccc4OC[C@H](C)NC3=O)CC2)c1OC. The van der Waals surface area contributed by atoms with Gasteiger partial charge in [-0.2, -0.15) is 0 Å². The van der Waals surface area contributed by atoms with Crippen LogP contribution >= 0.6 is 0 Å². The molecule has 1 atom stereocenters. The van der Waals surface area contributed by atoms with Crippen molar-refractivity contribution in [3.05, 3.63) is 53.6 Å². The van der Waals surface area contributed by atoms with Crippen molar-refractivity contribution in [1.29, 1.82) is 0 Å². The molecule has 0 bridgehead atoms. The van der Waals surface area contributed by atoms with E-state index >= 15 is 0 Å². The Kier molecular flexibility index (Phi) is 7.99. The maximum absolute atomic E-state index is 13.5. The van der Waals surface area contributed by atoms with E-state index in [-0.39, 0.29) is 17.4 Å². The lowest BCUT2D eigenvalue weighted by atomic mass is 9.73. The molecule has 1 spiro atoms. The molecule has 6 heteroatoms. The van der Waals surface area contributed by atoms with Crippen molar-refractivity contribution in [2.45, 2.75) is 58.0 Å². The molecule has 1 N–H and O–H groups in total. The third-order valence-corrected chi connectivity index (χ3v) is 7.36. The van der Waals surface area contributed by atoms with E-state index in [4.69, 9.17) is 14.2 Å². The van der Waals surface area contributed by atoms with Gasteiger partial charge >= 0.3 is 0 Å². The zero-order chi connectivity index (χ0) is 24.0. The molecule has 0 radical (unpaired) electrons. The van der Waals surface area contributed by atoms with Crippen molar-refractivity contribution < 1.29 is 19.0 Å². The van der Waals surface area contributed by atoms with E-state index in [1.54, 1.807) is 14.2 Å². The van der Waals surface area contributed by atoms with Gasteiger partial charge in [-0.1, -0.05) is 36.8 Å². The minimum Gasteiger partial charge on any atom is -0.493 e. The first-order chi connectivity index (χ1) is 16.5. The van der Waals surface area contributed by atoms with Gasteiger partial charge in [0.15, 0.2) is 11.5 Å². The summed E-state index contributed by atoms with van der Waals surface area (Å²) in [5.41, 5.74) is 2.07. The van der Waals surface area contributed by atoms with Crippen LogP contribution < -0.4 is 19.5 Å². The zero-order valence-corrected chi connectivity index (χ0v) is 20.8. The van der Waals surface area contributed by atoms with Gasteiger partial charge in [0.25, 0.3) is 0 Å². The Labute approximate surface area is 203 Å². The van der Waals surface area contributed by atoms with Gasteiger partial charge in [-0.15, -0.1) is 0 Å². The summed E-state index contributed by atoms with van der Waals surface area (Å²) < 4.78 is 17.2. The molecule has 0 aliphatic carbocycles. The second kappa shape index (κ2) is 11.1. The van der Waals surface area contributed by atoms with Crippen molar-refractivity contribution in [2.75, 3.05) is 33.9 Å². The maximum atomic E-state index is 13.5. The van der Waals surface area contributed by atoms with Gasteiger partial charge in [0, 0.05) is 12.1 Å². The number of hydrogen-bond donors (Lipinski definition) is 1. The van der Waals surface area contributed by atoms with Gasteiger partial charge in [-0.3, -0.25) is 9.69 Å². The molecule has 1 saturated heterocycles. The number of nitrogens with one attached hydrogen (secondary N) is 1. The number of piperidine rings is 1. The molecule has 2 aromatic carbocycles. The number of carbonyl (C=O) groups is 1. The van der Waals surface area contributed by atoms with E-state index in [0.29, 0.717) is 6.61 Å². The first-order valence-corrected chi connectivity index (χ1v) is 12.5. The number of para-hydroxylation sites is 2. The number of methoxy groups -OCH3 is 2. The number of fused-ring (bicyclic) bond motifs is 1. The molecule has 0 aromatic heterocycles. The highest BCUT2D eigenvalue weighted by Gasteiger charge is 2.41. The normalized spacial score (nSPS) is 21.4. The molecule has 2 aliphatic heterocycles. The summed E-state index contributed by atoms with van der Waals surface area (Å²) in [4.78, 5) is 15.9. The summed E-state index contributed by atoms with van der Waals surface area (Å²) in [7, 11) is 3.35. The first-order valence-electron chi connectivity index (χ1n) is 12.5. The van der Waals surface area contributed by atoms with Crippen LogP contribution in [0.2, 0.25) is 0 Å². The Hall–Kier alpha value is -2.73. The fourth-order valence-corrected chi connectivity index (χ4v) is 5.31. The number of benzene rings is 2. The van der Waals surface area contributed by atoms with Crippen molar-refractivity contribution in [3.8, 4) is 17.2 Å². The lowest BCUT2D eigenvalue weighted by Crippen LogP contribution is -2.51. The Balaban J connectivity index is 1.43. The predicted molar refractivity (Wildman–Crippen MR) is 134 cm³/mol. The number of hydrogen-bond acceptors (Lipinski definition) is 5. The summed E-state index contributed by atoms with van der Waals surface area (Å²) in [5.74, 6) is 2.68. The van der Waals surface area contributed by atoms with Crippen LogP contribution in [0.15, 0.2) is 42.5 Å². The van der Waals surface area contributed by atoms with E-state index in [1.165, 1.54) is 5.56 Å². The topological polar surface area (TPSA) is 60.0 Å². The summed E-state index contributed by atoms with van der Waals surface area (Å²) in [5, 5.41) is 3.27.